The van der Waals surface area contributed by atoms with Crippen molar-refractivity contribution in [2.45, 2.75) is 11.8 Å². The van der Waals surface area contributed by atoms with Gasteiger partial charge in [-0.2, -0.15) is 0 Å². The number of anilines is 5. The first-order chi connectivity index (χ1) is 16.5. The highest BCUT2D eigenvalue weighted by Crippen LogP contribution is 2.30. The zero-order valence-corrected chi connectivity index (χ0v) is 19.4. The van der Waals surface area contributed by atoms with E-state index in [1.165, 1.54) is 18.9 Å². The minimum Gasteiger partial charge on any atom is -0.400 e. The third-order valence-electron chi connectivity index (χ3n) is 4.49. The molecule has 0 radical (unpaired) electrons. The average molecular weight is 477 g/mol. The zero-order valence-electron chi connectivity index (χ0n) is 18.6. The molecule has 0 unspecified atom stereocenters. The van der Waals surface area contributed by atoms with Crippen LogP contribution in [0.15, 0.2) is 71.6 Å². The molecule has 0 saturated carbocycles. The average Bonchev–Trinajstić information content (AvgIpc) is 2.84. The molecule has 0 spiro atoms. The maximum absolute atomic E-state index is 11.2. The van der Waals surface area contributed by atoms with E-state index < -0.39 is 0 Å². The number of nitrogens with zero attached hydrogens (tertiary/aromatic N) is 2. The Kier molecular flexibility index (Phi) is 8.38. The van der Waals surface area contributed by atoms with E-state index in [0.717, 1.165) is 35.0 Å². The molecule has 0 bridgehead atoms. The summed E-state index contributed by atoms with van der Waals surface area (Å²) in [4.78, 5) is 32.5. The van der Waals surface area contributed by atoms with Crippen LogP contribution in [0.5, 0.6) is 0 Å². The van der Waals surface area contributed by atoms with Crippen LogP contribution in [-0.2, 0) is 4.79 Å². The van der Waals surface area contributed by atoms with E-state index >= 15 is 0 Å². The number of hydrogen-bond acceptors (Lipinski definition) is 9. The lowest BCUT2D eigenvalue weighted by atomic mass is 10.2. The van der Waals surface area contributed by atoms with Crippen LogP contribution in [0.2, 0.25) is 0 Å². The fraction of sp³-hybridized carbons (Fsp3) is 0.0833. The molecule has 0 aliphatic rings. The third-order valence-corrected chi connectivity index (χ3v) is 5.29. The van der Waals surface area contributed by atoms with Gasteiger partial charge in [0.05, 0.1) is 11.0 Å². The highest BCUT2D eigenvalue weighted by atomic mass is 32.2. The van der Waals surface area contributed by atoms with Gasteiger partial charge >= 0.3 is 0 Å². The zero-order chi connectivity index (χ0) is 24.5. The van der Waals surface area contributed by atoms with E-state index in [2.05, 4.69) is 15.4 Å². The normalized spacial score (nSPS) is 10.1. The molecule has 0 saturated heterocycles. The van der Waals surface area contributed by atoms with Crippen molar-refractivity contribution in [1.82, 2.24) is 9.97 Å². The molecule has 0 fully saturated rings. The van der Waals surface area contributed by atoms with Crippen LogP contribution in [0.3, 0.4) is 0 Å². The van der Waals surface area contributed by atoms with Gasteiger partial charge in [-0.05, 0) is 66.5 Å². The first-order valence-corrected chi connectivity index (χ1v) is 11.0. The number of nitrogens with two attached hydrogens (primary N) is 1. The minimum absolute atomic E-state index is 0.118. The van der Waals surface area contributed by atoms with Crippen LogP contribution in [0.4, 0.5) is 28.7 Å². The molecular weight excluding hydrogens is 452 g/mol. The number of amides is 1. The van der Waals surface area contributed by atoms with Crippen LogP contribution in [0.25, 0.3) is 11.0 Å². The highest BCUT2D eigenvalue weighted by Gasteiger charge is 2.11. The van der Waals surface area contributed by atoms with Crippen molar-refractivity contribution in [3.8, 4) is 0 Å². The number of aliphatic hydroxyl groups is 1. The Labute approximate surface area is 200 Å². The topological polar surface area (TPSA) is 142 Å². The molecule has 0 aliphatic heterocycles. The molecule has 6 N–H and O–H groups in total. The first-order valence-electron chi connectivity index (χ1n) is 10.2. The quantitative estimate of drug-likeness (QED) is 0.148. The lowest BCUT2D eigenvalue weighted by Gasteiger charge is -2.14. The van der Waals surface area contributed by atoms with Crippen molar-refractivity contribution in [3.63, 3.8) is 0 Å². The van der Waals surface area contributed by atoms with Gasteiger partial charge in [-0.15, -0.1) is 0 Å². The fourth-order valence-electron chi connectivity index (χ4n) is 2.97. The molecule has 9 nitrogen and oxygen atoms in total. The Morgan fingerprint density at radius 2 is 1.56 bits per heavy atom. The van der Waals surface area contributed by atoms with Crippen LogP contribution < -0.4 is 21.1 Å². The maximum Gasteiger partial charge on any atom is 0.221 e. The Morgan fingerprint density at radius 3 is 2.15 bits per heavy atom. The van der Waals surface area contributed by atoms with Crippen LogP contribution in [0.1, 0.15) is 17.3 Å². The van der Waals surface area contributed by atoms with Gasteiger partial charge in [-0.3, -0.25) is 9.59 Å². The van der Waals surface area contributed by atoms with Crippen LogP contribution in [-0.4, -0.2) is 34.4 Å². The van der Waals surface area contributed by atoms with Crippen LogP contribution in [0, 0.1) is 0 Å². The summed E-state index contributed by atoms with van der Waals surface area (Å²) in [5, 5.41) is 13.0. The number of aromatic nitrogens is 2. The molecule has 174 valence electrons. The second-order valence-electron chi connectivity index (χ2n) is 6.91. The van der Waals surface area contributed by atoms with E-state index in [0.29, 0.717) is 28.6 Å². The third kappa shape index (κ3) is 6.21. The van der Waals surface area contributed by atoms with E-state index in [4.69, 9.17) is 20.8 Å². The maximum atomic E-state index is 11.2. The molecule has 0 atom stereocenters. The number of fused-ring (bicyclic) bond motifs is 1. The summed E-state index contributed by atoms with van der Waals surface area (Å²) >= 11 is 1.37. The van der Waals surface area contributed by atoms with Gasteiger partial charge in [0, 0.05) is 41.6 Å². The van der Waals surface area contributed by atoms with Crippen molar-refractivity contribution in [2.75, 3.05) is 28.2 Å². The number of carbonyl (C=O) groups is 2. The molecule has 1 heterocycles. The number of aldehydes is 1. The number of benzene rings is 3. The van der Waals surface area contributed by atoms with Crippen molar-refractivity contribution in [1.29, 1.82) is 0 Å². The van der Waals surface area contributed by atoms with Crippen LogP contribution >= 0.6 is 11.9 Å². The second-order valence-corrected chi connectivity index (χ2v) is 7.79. The predicted octanol–water partition coefficient (Wildman–Crippen LogP) is 4.45. The smallest absolute Gasteiger partial charge is 0.221 e. The number of rotatable bonds is 7. The molecule has 34 heavy (non-hydrogen) atoms. The lowest BCUT2D eigenvalue weighted by molar-refractivity contribution is -0.114. The van der Waals surface area contributed by atoms with Crippen molar-refractivity contribution < 1.29 is 14.7 Å². The van der Waals surface area contributed by atoms with Crippen molar-refractivity contribution in [2.24, 2.45) is 0 Å². The van der Waals surface area contributed by atoms with Gasteiger partial charge in [0.1, 0.15) is 0 Å². The summed E-state index contributed by atoms with van der Waals surface area (Å²) in [5.74, 6) is 0.939. The predicted molar refractivity (Wildman–Crippen MR) is 137 cm³/mol. The molecule has 4 rings (SSSR count). The highest BCUT2D eigenvalue weighted by molar-refractivity contribution is 8.00. The fourth-order valence-corrected chi connectivity index (χ4v) is 3.60. The number of carbonyl (C=O) groups excluding carboxylic acids is 2. The van der Waals surface area contributed by atoms with Crippen molar-refractivity contribution >= 4 is 63.9 Å². The van der Waals surface area contributed by atoms with Gasteiger partial charge in [-0.1, -0.05) is 12.1 Å². The number of hydrogen-bond donors (Lipinski definition) is 5. The van der Waals surface area contributed by atoms with Gasteiger partial charge in [0.15, 0.2) is 17.9 Å². The molecule has 1 aromatic heterocycles. The summed E-state index contributed by atoms with van der Waals surface area (Å²) in [6.07, 6.45) is 0.718. The second kappa shape index (κ2) is 11.6. The number of nitrogen functional groups attached to an aromatic ring is 1. The van der Waals surface area contributed by atoms with Gasteiger partial charge < -0.3 is 26.2 Å². The first kappa shape index (κ1) is 24.5. The van der Waals surface area contributed by atoms with E-state index in [9.17, 15) is 9.59 Å². The summed E-state index contributed by atoms with van der Waals surface area (Å²) in [7, 11) is 1.00. The molecule has 0 aliphatic carbocycles. The Hall–Kier alpha value is -4.15. The summed E-state index contributed by atoms with van der Waals surface area (Å²) in [5.41, 5.74) is 9.64. The van der Waals surface area contributed by atoms with E-state index in [1.807, 2.05) is 48.5 Å². The van der Waals surface area contributed by atoms with Crippen molar-refractivity contribution in [3.05, 3.63) is 72.3 Å². The number of aliphatic hydroxyl groups excluding tert-OH is 1. The van der Waals surface area contributed by atoms with Gasteiger partial charge in [0.25, 0.3) is 0 Å². The molecular formula is C24H24N6O3S. The monoisotopic (exact) mass is 476 g/mol. The Balaban J connectivity index is 0.00000158. The van der Waals surface area contributed by atoms with E-state index in [-0.39, 0.29) is 5.91 Å². The summed E-state index contributed by atoms with van der Waals surface area (Å²) in [6.45, 7) is 1.47. The largest absolute Gasteiger partial charge is 0.400 e. The molecule has 10 heteroatoms. The minimum atomic E-state index is -0.118. The summed E-state index contributed by atoms with van der Waals surface area (Å²) < 4.78 is 3.25. The Bertz CT molecular complexity index is 1300. The number of para-hydroxylation sites is 2. The van der Waals surface area contributed by atoms with Gasteiger partial charge in [0.2, 0.25) is 5.91 Å². The molecule has 3 aromatic carbocycles. The molecule has 1 amide bonds. The number of nitrogens with one attached hydrogen (secondary N) is 3. The lowest BCUT2D eigenvalue weighted by Crippen LogP contribution is -2.05. The molecule has 4 aromatic rings. The van der Waals surface area contributed by atoms with E-state index in [1.54, 1.807) is 18.2 Å². The standard InChI is InChI=1S/C23H20N6O2S.CH4O/c1-14(31)25-16-8-10-18(11-9-16)32-29-23-22(27-20-4-2-3-5-21(20)28-23)26-17-7-6-15(13-30)19(24)12-17;1-2/h2-13H,24H2,1H3,(H,25,31)(H,26,27)(H,28,29);2H,1H3. The summed E-state index contributed by atoms with van der Waals surface area (Å²) in [6, 6.07) is 20.1. The van der Waals surface area contributed by atoms with Gasteiger partial charge in [-0.25, -0.2) is 9.97 Å². The SMILES string of the molecule is CC(=O)Nc1ccc(SNc2nc3ccccc3nc2Nc2ccc(C=O)c(N)c2)cc1.CO. The Morgan fingerprint density at radius 1 is 0.941 bits per heavy atom.